The average molecular weight is 657 g/mol. The summed E-state index contributed by atoms with van der Waals surface area (Å²) >= 11 is 1.13. The SMILES string of the molecule is Cc1c(-n2nccn2)sc2c1c(=O)n(C(C)(C)C(=O)OCc1ccccc1)c(=O)n2CC(OC(C)C)c1cc(F)ccc1/C=C/C#N. The van der Waals surface area contributed by atoms with Gasteiger partial charge in [0.1, 0.15) is 33.9 Å². The van der Waals surface area contributed by atoms with Crippen LogP contribution in [0, 0.1) is 24.1 Å². The van der Waals surface area contributed by atoms with Crippen LogP contribution < -0.4 is 11.2 Å². The van der Waals surface area contributed by atoms with Gasteiger partial charge in [0.15, 0.2) is 0 Å². The van der Waals surface area contributed by atoms with E-state index in [9.17, 15) is 18.8 Å². The van der Waals surface area contributed by atoms with Gasteiger partial charge in [0.2, 0.25) is 0 Å². The summed E-state index contributed by atoms with van der Waals surface area (Å²) in [4.78, 5) is 44.0. The molecule has 0 aliphatic rings. The molecule has 47 heavy (non-hydrogen) atoms. The first kappa shape index (κ1) is 33.2. The fraction of sp³-hybridized carbons (Fsp3) is 0.294. The van der Waals surface area contributed by atoms with E-state index in [1.165, 1.54) is 66.0 Å². The predicted octanol–water partition coefficient (Wildman–Crippen LogP) is 5.43. The van der Waals surface area contributed by atoms with Gasteiger partial charge in [0.05, 0.1) is 36.5 Å². The molecule has 5 rings (SSSR count). The molecule has 0 saturated carbocycles. The largest absolute Gasteiger partial charge is 0.459 e. The molecule has 3 aromatic heterocycles. The molecule has 0 fully saturated rings. The van der Waals surface area contributed by atoms with Gasteiger partial charge in [-0.2, -0.15) is 15.5 Å². The Kier molecular flexibility index (Phi) is 9.64. The molecule has 3 heterocycles. The Labute approximate surface area is 273 Å². The zero-order valence-electron chi connectivity index (χ0n) is 26.5. The van der Waals surface area contributed by atoms with Gasteiger partial charge in [0, 0.05) is 11.6 Å². The zero-order chi connectivity index (χ0) is 33.9. The Balaban J connectivity index is 1.73. The third-order valence-corrected chi connectivity index (χ3v) is 8.86. The number of rotatable bonds is 11. The zero-order valence-corrected chi connectivity index (χ0v) is 27.3. The standard InChI is InChI=1S/C34H33FN6O5S/c1-21(2)46-27(26-18-25(35)14-13-24(26)12-9-15-36)19-39-31-28(22(3)30(47-31)41-37-16-17-38-41)29(42)40(33(39)44)34(4,5)32(43)45-20-23-10-7-6-8-11-23/h6-14,16-18,21,27H,19-20H2,1-5H3/b12-9+. The Morgan fingerprint density at radius 1 is 1.13 bits per heavy atom. The Hall–Kier alpha value is -5.19. The van der Waals surface area contributed by atoms with Gasteiger partial charge < -0.3 is 9.47 Å². The fourth-order valence-corrected chi connectivity index (χ4v) is 6.52. The molecule has 0 aliphatic carbocycles. The molecule has 0 amide bonds. The summed E-state index contributed by atoms with van der Waals surface area (Å²) in [6.07, 6.45) is 4.53. The van der Waals surface area contributed by atoms with Crippen LogP contribution in [0.2, 0.25) is 0 Å². The van der Waals surface area contributed by atoms with Crippen molar-refractivity contribution in [3.8, 4) is 11.1 Å². The van der Waals surface area contributed by atoms with E-state index in [4.69, 9.17) is 14.7 Å². The molecule has 0 aliphatic heterocycles. The molecular formula is C34H33FN6O5S. The van der Waals surface area contributed by atoms with Gasteiger partial charge >= 0.3 is 11.7 Å². The van der Waals surface area contributed by atoms with Crippen molar-refractivity contribution in [2.45, 2.75) is 65.5 Å². The van der Waals surface area contributed by atoms with Crippen LogP contribution in [0.25, 0.3) is 21.3 Å². The molecule has 0 N–H and O–H groups in total. The lowest BCUT2D eigenvalue weighted by Gasteiger charge is -2.28. The molecule has 1 atom stereocenters. The number of aryl methyl sites for hydroxylation is 1. The van der Waals surface area contributed by atoms with E-state index < -0.39 is 34.7 Å². The van der Waals surface area contributed by atoms with Crippen LogP contribution in [0.5, 0.6) is 0 Å². The summed E-state index contributed by atoms with van der Waals surface area (Å²) < 4.78 is 28.8. The van der Waals surface area contributed by atoms with Gasteiger partial charge in [-0.3, -0.25) is 9.36 Å². The average Bonchev–Trinajstić information content (AvgIpc) is 3.69. The molecule has 2 aromatic carbocycles. The number of halogens is 1. The van der Waals surface area contributed by atoms with Crippen LogP contribution in [0.1, 0.15) is 56.1 Å². The molecule has 242 valence electrons. The molecular weight excluding hydrogens is 623 g/mol. The third-order valence-electron chi connectivity index (χ3n) is 7.58. The number of nitriles is 1. The number of ether oxygens (including phenoxy) is 2. The number of thiophene rings is 1. The highest BCUT2D eigenvalue weighted by Gasteiger charge is 2.37. The van der Waals surface area contributed by atoms with Gasteiger partial charge in [-0.1, -0.05) is 47.7 Å². The van der Waals surface area contributed by atoms with Crippen LogP contribution in [0.3, 0.4) is 0 Å². The summed E-state index contributed by atoms with van der Waals surface area (Å²) in [6.45, 7) is 8.03. The number of nitrogens with zero attached hydrogens (tertiary/aromatic N) is 6. The first-order chi connectivity index (χ1) is 22.4. The van der Waals surface area contributed by atoms with Gasteiger partial charge in [-0.15, -0.1) is 4.80 Å². The summed E-state index contributed by atoms with van der Waals surface area (Å²) in [5.74, 6) is -1.31. The van der Waals surface area contributed by atoms with Crippen molar-refractivity contribution in [2.75, 3.05) is 0 Å². The van der Waals surface area contributed by atoms with E-state index in [-0.39, 0.29) is 24.6 Å². The van der Waals surface area contributed by atoms with Crippen molar-refractivity contribution >= 4 is 33.6 Å². The second-order valence-electron chi connectivity index (χ2n) is 11.6. The number of fused-ring (bicyclic) bond motifs is 1. The number of hydrogen-bond donors (Lipinski definition) is 0. The van der Waals surface area contributed by atoms with Gasteiger partial charge in [0.25, 0.3) is 5.56 Å². The maximum absolute atomic E-state index is 14.7. The van der Waals surface area contributed by atoms with Crippen molar-refractivity contribution < 1.29 is 18.7 Å². The third kappa shape index (κ3) is 6.70. The van der Waals surface area contributed by atoms with Crippen molar-refractivity contribution in [1.82, 2.24) is 24.1 Å². The lowest BCUT2D eigenvalue weighted by molar-refractivity contribution is -0.154. The molecule has 0 bridgehead atoms. The second kappa shape index (κ2) is 13.7. The molecule has 13 heteroatoms. The molecule has 11 nitrogen and oxygen atoms in total. The maximum atomic E-state index is 14.7. The number of carbonyl (C=O) groups is 1. The Morgan fingerprint density at radius 3 is 2.49 bits per heavy atom. The highest BCUT2D eigenvalue weighted by Crippen LogP contribution is 2.33. The van der Waals surface area contributed by atoms with Crippen LogP contribution >= 0.6 is 11.3 Å². The van der Waals surface area contributed by atoms with Gasteiger partial charge in [-0.05, 0) is 69.5 Å². The number of esters is 1. The van der Waals surface area contributed by atoms with Gasteiger partial charge in [-0.25, -0.2) is 18.5 Å². The highest BCUT2D eigenvalue weighted by atomic mass is 32.1. The molecule has 0 spiro atoms. The molecule has 0 radical (unpaired) electrons. The van der Waals surface area contributed by atoms with Crippen LogP contribution in [-0.2, 0) is 33.0 Å². The van der Waals surface area contributed by atoms with Crippen molar-refractivity contribution in [1.29, 1.82) is 5.26 Å². The number of carbonyl (C=O) groups excluding carboxylic acids is 1. The van der Waals surface area contributed by atoms with E-state index in [2.05, 4.69) is 10.2 Å². The smallest absolute Gasteiger partial charge is 0.333 e. The van der Waals surface area contributed by atoms with Crippen LogP contribution in [-0.4, -0.2) is 36.2 Å². The quantitative estimate of drug-likeness (QED) is 0.136. The van der Waals surface area contributed by atoms with E-state index >= 15 is 0 Å². The van der Waals surface area contributed by atoms with E-state index in [1.807, 2.05) is 24.3 Å². The summed E-state index contributed by atoms with van der Waals surface area (Å²) in [5, 5.41) is 18.3. The van der Waals surface area contributed by atoms with Crippen molar-refractivity contribution in [3.05, 3.63) is 116 Å². The lowest BCUT2D eigenvalue weighted by atomic mass is 10.0. The van der Waals surface area contributed by atoms with E-state index in [0.29, 0.717) is 26.5 Å². The molecule has 5 aromatic rings. The molecule has 1 unspecified atom stereocenters. The summed E-state index contributed by atoms with van der Waals surface area (Å²) in [5.41, 5.74) is -1.03. The maximum Gasteiger partial charge on any atom is 0.333 e. The number of aromatic nitrogens is 5. The minimum atomic E-state index is -1.73. The Morgan fingerprint density at radius 2 is 1.83 bits per heavy atom. The lowest BCUT2D eigenvalue weighted by Crippen LogP contribution is -2.53. The molecule has 0 saturated heterocycles. The topological polar surface area (TPSA) is 134 Å². The minimum Gasteiger partial charge on any atom is -0.459 e. The number of allylic oxidation sites excluding steroid dienone is 1. The second-order valence-corrected chi connectivity index (χ2v) is 12.6. The van der Waals surface area contributed by atoms with Crippen molar-refractivity contribution in [3.63, 3.8) is 0 Å². The van der Waals surface area contributed by atoms with Crippen LogP contribution in [0.4, 0.5) is 4.39 Å². The first-order valence-corrected chi connectivity index (χ1v) is 15.6. The number of benzene rings is 2. The summed E-state index contributed by atoms with van der Waals surface area (Å²) in [7, 11) is 0. The first-order valence-electron chi connectivity index (χ1n) is 14.8. The summed E-state index contributed by atoms with van der Waals surface area (Å²) in [6, 6.07) is 15.1. The number of hydrogen-bond acceptors (Lipinski definition) is 9. The predicted molar refractivity (Wildman–Crippen MR) is 176 cm³/mol. The highest BCUT2D eigenvalue weighted by molar-refractivity contribution is 7.21. The van der Waals surface area contributed by atoms with Crippen LogP contribution in [0.15, 0.2) is 76.6 Å². The monoisotopic (exact) mass is 656 g/mol. The normalized spacial score (nSPS) is 12.6. The Bertz CT molecular complexity index is 2110. The fourth-order valence-electron chi connectivity index (χ4n) is 5.30. The van der Waals surface area contributed by atoms with Crippen molar-refractivity contribution in [2.24, 2.45) is 0 Å². The van der Waals surface area contributed by atoms with E-state index in [1.54, 1.807) is 32.9 Å². The van der Waals surface area contributed by atoms with E-state index in [0.717, 1.165) is 21.5 Å². The minimum absolute atomic E-state index is 0.0518.